The normalized spacial score (nSPS) is 57.6. The number of aliphatic carboxylic acids is 1. The Hall–Kier alpha value is -0.830. The molecule has 6 rings (SSSR count). The Morgan fingerprint density at radius 3 is 2.44 bits per heavy atom. The number of carbonyl (C=O) groups is 1. The van der Waals surface area contributed by atoms with Crippen LogP contribution in [0.2, 0.25) is 0 Å². The molecule has 32 heavy (non-hydrogen) atoms. The van der Waals surface area contributed by atoms with Crippen molar-refractivity contribution in [2.45, 2.75) is 105 Å². The summed E-state index contributed by atoms with van der Waals surface area (Å²) in [5.41, 5.74) is 2.08. The van der Waals surface area contributed by atoms with Crippen molar-refractivity contribution in [1.82, 2.24) is 0 Å². The van der Waals surface area contributed by atoms with E-state index in [0.717, 1.165) is 44.9 Å². The molecule has 178 valence electrons. The average Bonchev–Trinajstić information content (AvgIpc) is 3.40. The van der Waals surface area contributed by atoms with Crippen LogP contribution in [0.3, 0.4) is 0 Å². The van der Waals surface area contributed by atoms with Crippen molar-refractivity contribution in [3.05, 3.63) is 11.6 Å². The van der Waals surface area contributed by atoms with E-state index in [4.69, 9.17) is 0 Å². The van der Waals surface area contributed by atoms with Crippen molar-refractivity contribution in [2.24, 2.45) is 56.7 Å². The zero-order chi connectivity index (χ0) is 22.9. The van der Waals surface area contributed by atoms with Crippen LogP contribution >= 0.6 is 0 Å². The molecule has 2 unspecified atom stereocenters. The van der Waals surface area contributed by atoms with Gasteiger partial charge in [0, 0.05) is 0 Å². The predicted molar refractivity (Wildman–Crippen MR) is 126 cm³/mol. The molecule has 0 aromatic carbocycles. The van der Waals surface area contributed by atoms with Crippen LogP contribution in [0.25, 0.3) is 0 Å². The first-order valence-electron chi connectivity index (χ1n) is 13.6. The summed E-state index contributed by atoms with van der Waals surface area (Å²) in [4.78, 5) is 12.7. The molecule has 0 aliphatic heterocycles. The third-order valence-corrected chi connectivity index (χ3v) is 13.2. The number of rotatable bonds is 1. The highest BCUT2D eigenvalue weighted by atomic mass is 16.4. The highest BCUT2D eigenvalue weighted by molar-refractivity contribution is 5.77. The zero-order valence-corrected chi connectivity index (χ0v) is 20.9. The topological polar surface area (TPSA) is 57.5 Å². The summed E-state index contributed by atoms with van der Waals surface area (Å²) in [7, 11) is 0. The molecule has 0 aromatic heterocycles. The molecule has 6 aliphatic carbocycles. The van der Waals surface area contributed by atoms with Gasteiger partial charge in [-0.15, -0.1) is 0 Å². The Bertz CT molecular complexity index is 889. The molecular weight excluding hydrogens is 396 g/mol. The Morgan fingerprint density at radius 2 is 1.72 bits per heavy atom. The molecule has 5 saturated carbocycles. The summed E-state index contributed by atoms with van der Waals surface area (Å²) >= 11 is 0. The minimum atomic E-state index is -0.521. The standard InChI is InChI=1S/C29H44O3/c1-17-8-12-27(24(31)32)14-15-28-16-29(28)13-9-20-25(3,4)22(30)10-11-26(20,5)21(29)7-6-19(28)23(27)18(17)2/h6,17-18,20-23,30H,7-16H2,1-5H3,(H,31,32)/t17-,18+,20?,21?,22+,23+,26+,27+,28+,29+/m1/s1. The molecule has 3 heteroatoms. The fourth-order valence-electron chi connectivity index (χ4n) is 11.3. The maximum Gasteiger partial charge on any atom is 0.310 e. The minimum Gasteiger partial charge on any atom is -0.481 e. The van der Waals surface area contributed by atoms with Gasteiger partial charge in [-0.3, -0.25) is 4.79 Å². The van der Waals surface area contributed by atoms with Gasteiger partial charge >= 0.3 is 5.97 Å². The van der Waals surface area contributed by atoms with E-state index in [1.54, 1.807) is 5.57 Å². The van der Waals surface area contributed by atoms with Gasteiger partial charge in [0.05, 0.1) is 11.5 Å². The summed E-state index contributed by atoms with van der Waals surface area (Å²) in [5, 5.41) is 21.3. The Balaban J connectivity index is 1.43. The van der Waals surface area contributed by atoms with Gasteiger partial charge in [0.15, 0.2) is 0 Å². The lowest BCUT2D eigenvalue weighted by molar-refractivity contribution is -0.170. The first-order chi connectivity index (χ1) is 15.0. The van der Waals surface area contributed by atoms with E-state index < -0.39 is 11.4 Å². The second kappa shape index (κ2) is 6.23. The predicted octanol–water partition coefficient (Wildman–Crippen LogP) is 6.45. The molecule has 0 bridgehead atoms. The highest BCUT2D eigenvalue weighted by Crippen LogP contribution is 2.87. The number of aliphatic hydroxyl groups excluding tert-OH is 1. The number of hydrogen-bond donors (Lipinski definition) is 2. The fourth-order valence-corrected chi connectivity index (χ4v) is 11.3. The van der Waals surface area contributed by atoms with Crippen molar-refractivity contribution in [3.63, 3.8) is 0 Å². The number of fused-ring (bicyclic) bond motifs is 4. The number of aliphatic hydroxyl groups is 1. The van der Waals surface area contributed by atoms with Crippen LogP contribution in [0, 0.1) is 56.7 Å². The summed E-state index contributed by atoms with van der Waals surface area (Å²) in [6, 6.07) is 0. The van der Waals surface area contributed by atoms with Crippen LogP contribution in [0.5, 0.6) is 0 Å². The molecule has 3 nitrogen and oxygen atoms in total. The van der Waals surface area contributed by atoms with Gasteiger partial charge in [-0.2, -0.15) is 0 Å². The first-order valence-corrected chi connectivity index (χ1v) is 13.6. The van der Waals surface area contributed by atoms with E-state index in [1.807, 2.05) is 0 Å². The minimum absolute atomic E-state index is 0.000995. The van der Waals surface area contributed by atoms with Crippen molar-refractivity contribution >= 4 is 5.97 Å². The Morgan fingerprint density at radius 1 is 0.969 bits per heavy atom. The van der Waals surface area contributed by atoms with Crippen LogP contribution in [-0.4, -0.2) is 22.3 Å². The maximum atomic E-state index is 12.7. The maximum absolute atomic E-state index is 12.7. The molecule has 0 radical (unpaired) electrons. The fraction of sp³-hybridized carbons (Fsp3) is 0.897. The van der Waals surface area contributed by atoms with Crippen molar-refractivity contribution in [2.75, 3.05) is 0 Å². The van der Waals surface area contributed by atoms with Crippen LogP contribution in [0.4, 0.5) is 0 Å². The zero-order valence-electron chi connectivity index (χ0n) is 20.9. The van der Waals surface area contributed by atoms with E-state index in [0.29, 0.717) is 39.9 Å². The number of allylic oxidation sites excluding steroid dienone is 2. The molecule has 10 atom stereocenters. The second-order valence-electron chi connectivity index (χ2n) is 14.1. The SMILES string of the molecule is C[C@H]1[C@H](C)CC[C@]2(C(=O)O)CC[C@@]34C[C@]35CCC3C(C)(C)[C@@H](O)CC[C@]3(C)C5CC=C4[C@H]12. The van der Waals surface area contributed by atoms with Gasteiger partial charge in [0.1, 0.15) is 0 Å². The average molecular weight is 441 g/mol. The molecule has 2 N–H and O–H groups in total. The highest BCUT2D eigenvalue weighted by Gasteiger charge is 2.80. The number of hydrogen-bond acceptors (Lipinski definition) is 2. The van der Waals surface area contributed by atoms with Crippen molar-refractivity contribution in [1.29, 1.82) is 0 Å². The van der Waals surface area contributed by atoms with Gasteiger partial charge < -0.3 is 10.2 Å². The Labute approximate surface area is 194 Å². The molecule has 0 aromatic rings. The Kier molecular flexibility index (Phi) is 4.22. The van der Waals surface area contributed by atoms with Crippen LogP contribution < -0.4 is 0 Å². The van der Waals surface area contributed by atoms with Crippen LogP contribution in [0.1, 0.15) is 98.8 Å². The van der Waals surface area contributed by atoms with Crippen molar-refractivity contribution in [3.8, 4) is 0 Å². The van der Waals surface area contributed by atoms with Gasteiger partial charge in [-0.25, -0.2) is 0 Å². The van der Waals surface area contributed by atoms with E-state index in [1.165, 1.54) is 19.3 Å². The number of carboxylic acids is 1. The quantitative estimate of drug-likeness (QED) is 0.460. The van der Waals surface area contributed by atoms with Gasteiger partial charge in [0.2, 0.25) is 0 Å². The van der Waals surface area contributed by atoms with Gasteiger partial charge in [-0.05, 0) is 115 Å². The summed E-state index contributed by atoms with van der Waals surface area (Å²) in [6.07, 6.45) is 13.4. The molecule has 0 saturated heterocycles. The lowest BCUT2D eigenvalue weighted by atomic mass is 9.40. The largest absolute Gasteiger partial charge is 0.481 e. The summed E-state index contributed by atoms with van der Waals surface area (Å²) in [5.74, 6) is 2.11. The van der Waals surface area contributed by atoms with Gasteiger partial charge in [-0.1, -0.05) is 46.3 Å². The smallest absolute Gasteiger partial charge is 0.310 e. The monoisotopic (exact) mass is 440 g/mol. The second-order valence-corrected chi connectivity index (χ2v) is 14.1. The molecule has 5 fully saturated rings. The summed E-state index contributed by atoms with van der Waals surface area (Å²) < 4.78 is 0. The van der Waals surface area contributed by atoms with E-state index >= 15 is 0 Å². The molecule has 2 spiro atoms. The van der Waals surface area contributed by atoms with E-state index in [9.17, 15) is 15.0 Å². The third-order valence-electron chi connectivity index (χ3n) is 13.2. The molecular formula is C29H44O3. The lowest BCUT2D eigenvalue weighted by Gasteiger charge is -2.64. The first kappa shape index (κ1) is 21.7. The van der Waals surface area contributed by atoms with Crippen LogP contribution in [0.15, 0.2) is 11.6 Å². The summed E-state index contributed by atoms with van der Waals surface area (Å²) in [6.45, 7) is 11.9. The van der Waals surface area contributed by atoms with Crippen molar-refractivity contribution < 1.29 is 15.0 Å². The third kappa shape index (κ3) is 2.22. The van der Waals surface area contributed by atoms with E-state index in [2.05, 4.69) is 40.7 Å². The molecule has 0 amide bonds. The lowest BCUT2D eigenvalue weighted by Crippen LogP contribution is -2.59. The molecule has 0 heterocycles. The molecule has 6 aliphatic rings. The van der Waals surface area contributed by atoms with Gasteiger partial charge in [0.25, 0.3) is 0 Å². The van der Waals surface area contributed by atoms with Crippen LogP contribution in [-0.2, 0) is 4.79 Å². The van der Waals surface area contributed by atoms with E-state index in [-0.39, 0.29) is 17.4 Å². The number of carboxylic acid groups (broad SMARTS) is 1.